The first kappa shape index (κ1) is 8.88. The average Bonchev–Trinajstić information content (AvgIpc) is 1.85. The topological polar surface area (TPSA) is 54.4 Å². The zero-order valence-electron chi connectivity index (χ0n) is 6.00. The second-order valence-electron chi connectivity index (χ2n) is 2.61. The molecular weight excluding hydrogens is 132 g/mol. The minimum absolute atomic E-state index is 0.668. The van der Waals surface area contributed by atoms with E-state index in [1.54, 1.807) is 13.8 Å². The zero-order valence-corrected chi connectivity index (χ0v) is 6.00. The molecule has 0 spiro atoms. The van der Waals surface area contributed by atoms with Gasteiger partial charge < -0.3 is 9.90 Å². The van der Waals surface area contributed by atoms with Crippen molar-refractivity contribution in [2.75, 3.05) is 0 Å². The van der Waals surface area contributed by atoms with Gasteiger partial charge in [-0.15, -0.1) is 0 Å². The summed E-state index contributed by atoms with van der Waals surface area (Å²) in [4.78, 5) is 20.2. The fourth-order valence-electron chi connectivity index (χ4n) is 0.325. The molecule has 3 nitrogen and oxygen atoms in total. The molecule has 1 N–H and O–H groups in total. The van der Waals surface area contributed by atoms with Crippen LogP contribution in [0.3, 0.4) is 0 Å². The molecule has 0 aliphatic rings. The highest BCUT2D eigenvalue weighted by atomic mass is 16.4. The molecule has 0 rings (SSSR count). The maximum absolute atomic E-state index is 10.2. The van der Waals surface area contributed by atoms with Crippen LogP contribution in [0.4, 0.5) is 0 Å². The SMILES string of the molecule is CC(C)(C=O)C=CC(=O)O. The summed E-state index contributed by atoms with van der Waals surface area (Å²) in [6.07, 6.45) is 3.02. The van der Waals surface area contributed by atoms with E-state index in [-0.39, 0.29) is 0 Å². The van der Waals surface area contributed by atoms with Gasteiger partial charge in [-0.2, -0.15) is 0 Å². The Bertz CT molecular complexity index is 168. The van der Waals surface area contributed by atoms with Crippen molar-refractivity contribution >= 4 is 12.3 Å². The van der Waals surface area contributed by atoms with E-state index in [4.69, 9.17) is 5.11 Å². The van der Waals surface area contributed by atoms with Crippen LogP contribution < -0.4 is 0 Å². The van der Waals surface area contributed by atoms with Crippen molar-refractivity contribution < 1.29 is 14.7 Å². The number of carboxylic acid groups (broad SMARTS) is 1. The maximum Gasteiger partial charge on any atom is 0.328 e. The average molecular weight is 142 g/mol. The van der Waals surface area contributed by atoms with Crippen LogP contribution in [0.25, 0.3) is 0 Å². The summed E-state index contributed by atoms with van der Waals surface area (Å²) in [5.74, 6) is -1.03. The zero-order chi connectivity index (χ0) is 8.20. The Hall–Kier alpha value is -1.12. The summed E-state index contributed by atoms with van der Waals surface area (Å²) < 4.78 is 0. The fourth-order valence-corrected chi connectivity index (χ4v) is 0.325. The number of hydrogen-bond acceptors (Lipinski definition) is 2. The number of carbonyl (C=O) groups excluding carboxylic acids is 1. The number of allylic oxidation sites excluding steroid dienone is 1. The van der Waals surface area contributed by atoms with Crippen molar-refractivity contribution in [3.8, 4) is 0 Å². The van der Waals surface area contributed by atoms with E-state index in [2.05, 4.69) is 0 Å². The highest BCUT2D eigenvalue weighted by Gasteiger charge is 2.11. The molecule has 0 aliphatic carbocycles. The van der Waals surface area contributed by atoms with Crippen molar-refractivity contribution in [1.82, 2.24) is 0 Å². The highest BCUT2D eigenvalue weighted by Crippen LogP contribution is 2.11. The summed E-state index contributed by atoms with van der Waals surface area (Å²) in [7, 11) is 0. The Balaban J connectivity index is 4.12. The van der Waals surface area contributed by atoms with Gasteiger partial charge >= 0.3 is 5.97 Å². The van der Waals surface area contributed by atoms with E-state index in [0.29, 0.717) is 6.29 Å². The Kier molecular flexibility index (Phi) is 2.80. The molecule has 0 bridgehead atoms. The van der Waals surface area contributed by atoms with Crippen LogP contribution in [-0.4, -0.2) is 17.4 Å². The first-order chi connectivity index (χ1) is 4.48. The van der Waals surface area contributed by atoms with Crippen molar-refractivity contribution in [2.45, 2.75) is 13.8 Å². The second-order valence-corrected chi connectivity index (χ2v) is 2.61. The van der Waals surface area contributed by atoms with Gasteiger partial charge in [-0.25, -0.2) is 4.79 Å². The lowest BCUT2D eigenvalue weighted by Crippen LogP contribution is -2.09. The van der Waals surface area contributed by atoms with E-state index in [0.717, 1.165) is 6.08 Å². The maximum atomic E-state index is 10.2. The van der Waals surface area contributed by atoms with Crippen LogP contribution in [0, 0.1) is 5.41 Å². The molecule has 0 aromatic rings. The molecule has 56 valence electrons. The van der Waals surface area contributed by atoms with Crippen molar-refractivity contribution in [2.24, 2.45) is 5.41 Å². The predicted molar refractivity (Wildman–Crippen MR) is 36.6 cm³/mol. The number of hydrogen-bond donors (Lipinski definition) is 1. The number of carboxylic acids is 1. The number of aldehydes is 1. The Morgan fingerprint density at radius 2 is 2.00 bits per heavy atom. The third-order valence-electron chi connectivity index (χ3n) is 0.959. The fraction of sp³-hybridized carbons (Fsp3) is 0.429. The summed E-state index contributed by atoms with van der Waals surface area (Å²) in [5, 5.41) is 8.17. The van der Waals surface area contributed by atoms with Gasteiger partial charge in [0, 0.05) is 11.5 Å². The first-order valence-corrected chi connectivity index (χ1v) is 2.86. The number of aliphatic carboxylic acids is 1. The predicted octanol–water partition coefficient (Wildman–Crippen LogP) is 0.852. The molecule has 0 unspecified atom stereocenters. The van der Waals surface area contributed by atoms with Gasteiger partial charge in [0.1, 0.15) is 6.29 Å². The van der Waals surface area contributed by atoms with Crippen LogP contribution in [0.2, 0.25) is 0 Å². The molecule has 0 fully saturated rings. The lowest BCUT2D eigenvalue weighted by molar-refractivity contribution is -0.131. The molecule has 0 atom stereocenters. The molecule has 0 amide bonds. The minimum atomic E-state index is -1.03. The summed E-state index contributed by atoms with van der Waals surface area (Å²) in [5.41, 5.74) is -0.668. The summed E-state index contributed by atoms with van der Waals surface area (Å²) in [6, 6.07) is 0. The standard InChI is InChI=1S/C7H10O3/c1-7(2,5-8)4-3-6(9)10/h3-5H,1-2H3,(H,9,10). The molecule has 0 saturated heterocycles. The van der Waals surface area contributed by atoms with Gasteiger partial charge in [-0.05, 0) is 13.8 Å². The van der Waals surface area contributed by atoms with Crippen LogP contribution in [0.5, 0.6) is 0 Å². The van der Waals surface area contributed by atoms with Crippen molar-refractivity contribution in [3.05, 3.63) is 12.2 Å². The molecule has 0 aromatic heterocycles. The Labute approximate surface area is 59.4 Å². The van der Waals surface area contributed by atoms with E-state index in [1.807, 2.05) is 0 Å². The third-order valence-corrected chi connectivity index (χ3v) is 0.959. The van der Waals surface area contributed by atoms with Crippen LogP contribution in [-0.2, 0) is 9.59 Å². The van der Waals surface area contributed by atoms with E-state index < -0.39 is 11.4 Å². The Morgan fingerprint density at radius 1 is 1.50 bits per heavy atom. The molecule has 3 heteroatoms. The van der Waals surface area contributed by atoms with E-state index in [1.165, 1.54) is 6.08 Å². The van der Waals surface area contributed by atoms with Crippen molar-refractivity contribution in [1.29, 1.82) is 0 Å². The van der Waals surface area contributed by atoms with Gasteiger partial charge in [0.15, 0.2) is 0 Å². The van der Waals surface area contributed by atoms with Gasteiger partial charge in [0.2, 0.25) is 0 Å². The van der Waals surface area contributed by atoms with Gasteiger partial charge in [0.05, 0.1) is 0 Å². The minimum Gasteiger partial charge on any atom is -0.478 e. The molecule has 0 aliphatic heterocycles. The van der Waals surface area contributed by atoms with Crippen LogP contribution in [0.1, 0.15) is 13.8 Å². The smallest absolute Gasteiger partial charge is 0.328 e. The van der Waals surface area contributed by atoms with Gasteiger partial charge in [-0.3, -0.25) is 0 Å². The van der Waals surface area contributed by atoms with Crippen LogP contribution >= 0.6 is 0 Å². The van der Waals surface area contributed by atoms with Gasteiger partial charge in [-0.1, -0.05) is 6.08 Å². The number of carbonyl (C=O) groups is 2. The molecule has 0 aromatic carbocycles. The monoisotopic (exact) mass is 142 g/mol. The quantitative estimate of drug-likeness (QED) is 0.469. The summed E-state index contributed by atoms with van der Waals surface area (Å²) >= 11 is 0. The molecule has 0 radical (unpaired) electrons. The third kappa shape index (κ3) is 3.83. The lowest BCUT2D eigenvalue weighted by Gasteiger charge is -2.07. The second kappa shape index (κ2) is 3.15. The van der Waals surface area contributed by atoms with Gasteiger partial charge in [0.25, 0.3) is 0 Å². The molecule has 0 heterocycles. The highest BCUT2D eigenvalue weighted by molar-refractivity contribution is 5.80. The van der Waals surface area contributed by atoms with E-state index in [9.17, 15) is 9.59 Å². The molecular formula is C7H10O3. The first-order valence-electron chi connectivity index (χ1n) is 2.86. The summed E-state index contributed by atoms with van der Waals surface area (Å²) in [6.45, 7) is 3.28. The largest absolute Gasteiger partial charge is 0.478 e. The molecule has 0 saturated carbocycles. The van der Waals surface area contributed by atoms with E-state index >= 15 is 0 Å². The normalized spacial score (nSPS) is 11.8. The van der Waals surface area contributed by atoms with Crippen LogP contribution in [0.15, 0.2) is 12.2 Å². The molecule has 10 heavy (non-hydrogen) atoms. The number of rotatable bonds is 3. The lowest BCUT2D eigenvalue weighted by atomic mass is 9.95. The van der Waals surface area contributed by atoms with Crippen molar-refractivity contribution in [3.63, 3.8) is 0 Å². The Morgan fingerprint density at radius 3 is 2.30 bits per heavy atom.